The highest BCUT2D eigenvalue weighted by Crippen LogP contribution is 2.40. The zero-order chi connectivity index (χ0) is 21.6. The minimum Gasteiger partial charge on any atom is -0.478 e. The summed E-state index contributed by atoms with van der Waals surface area (Å²) < 4.78 is 55.0. The first-order valence-corrected chi connectivity index (χ1v) is 9.15. The Morgan fingerprint density at radius 1 is 1.27 bits per heavy atom. The Morgan fingerprint density at radius 3 is 2.57 bits per heavy atom. The number of fused-ring (bicyclic) bond motifs is 1. The fourth-order valence-electron chi connectivity index (χ4n) is 3.75. The first-order chi connectivity index (χ1) is 14.1. The van der Waals surface area contributed by atoms with Gasteiger partial charge in [0.2, 0.25) is 5.95 Å². The summed E-state index contributed by atoms with van der Waals surface area (Å²) in [5, 5.41) is 16.4. The van der Waals surface area contributed by atoms with E-state index < -0.39 is 29.6 Å². The van der Waals surface area contributed by atoms with Crippen molar-refractivity contribution in [1.29, 1.82) is 0 Å². The molecule has 0 atom stereocenters. The van der Waals surface area contributed by atoms with Gasteiger partial charge >= 0.3 is 12.1 Å². The van der Waals surface area contributed by atoms with Crippen molar-refractivity contribution in [3.63, 3.8) is 0 Å². The Kier molecular flexibility index (Phi) is 4.82. The summed E-state index contributed by atoms with van der Waals surface area (Å²) in [4.78, 5) is 29.9. The SMILES string of the molecule is O=C(O)c1cnn(-c2nc3c(F)nn(CC4CCC(C(F)(F)F)CC4)c3c(=O)[nH]2)c1. The molecule has 0 saturated heterocycles. The van der Waals surface area contributed by atoms with Gasteiger partial charge in [-0.1, -0.05) is 0 Å². The number of rotatable bonds is 4. The summed E-state index contributed by atoms with van der Waals surface area (Å²) in [5.41, 5.74) is -1.34. The Hall–Kier alpha value is -3.25. The van der Waals surface area contributed by atoms with Gasteiger partial charge in [-0.15, -0.1) is 5.10 Å². The van der Waals surface area contributed by atoms with Crippen molar-refractivity contribution in [3.05, 3.63) is 34.3 Å². The molecule has 1 fully saturated rings. The van der Waals surface area contributed by atoms with Crippen LogP contribution in [0.1, 0.15) is 36.0 Å². The molecular formula is C17H16F4N6O3. The molecule has 1 aliphatic carbocycles. The lowest BCUT2D eigenvalue weighted by atomic mass is 9.81. The van der Waals surface area contributed by atoms with E-state index >= 15 is 0 Å². The molecule has 3 aromatic rings. The Morgan fingerprint density at radius 2 is 1.97 bits per heavy atom. The van der Waals surface area contributed by atoms with Gasteiger partial charge in [-0.2, -0.15) is 22.7 Å². The molecule has 3 heterocycles. The van der Waals surface area contributed by atoms with E-state index in [9.17, 15) is 27.2 Å². The third-order valence-corrected chi connectivity index (χ3v) is 5.33. The van der Waals surface area contributed by atoms with Crippen LogP contribution in [0, 0.1) is 17.8 Å². The van der Waals surface area contributed by atoms with E-state index in [1.165, 1.54) is 0 Å². The summed E-state index contributed by atoms with van der Waals surface area (Å²) in [6, 6.07) is 0. The topological polar surface area (TPSA) is 119 Å². The van der Waals surface area contributed by atoms with Gasteiger partial charge in [0.1, 0.15) is 0 Å². The van der Waals surface area contributed by atoms with Gasteiger partial charge in [-0.25, -0.2) is 14.5 Å². The number of nitrogens with zero attached hydrogens (tertiary/aromatic N) is 5. The molecule has 160 valence electrons. The molecule has 2 N–H and O–H groups in total. The molecule has 0 unspecified atom stereocenters. The highest BCUT2D eigenvalue weighted by molar-refractivity contribution is 5.87. The molecule has 0 amide bonds. The van der Waals surface area contributed by atoms with Gasteiger partial charge in [0.05, 0.1) is 17.7 Å². The van der Waals surface area contributed by atoms with E-state index in [0.29, 0.717) is 12.8 Å². The molecule has 1 saturated carbocycles. The van der Waals surface area contributed by atoms with Crippen LogP contribution in [0.25, 0.3) is 17.0 Å². The van der Waals surface area contributed by atoms with Crippen molar-refractivity contribution in [2.24, 2.45) is 11.8 Å². The number of aromatic nitrogens is 6. The maximum atomic E-state index is 14.4. The second-order valence-corrected chi connectivity index (χ2v) is 7.30. The molecule has 3 aromatic heterocycles. The number of carbonyl (C=O) groups is 1. The zero-order valence-corrected chi connectivity index (χ0v) is 15.4. The van der Waals surface area contributed by atoms with Crippen molar-refractivity contribution in [1.82, 2.24) is 29.5 Å². The molecule has 13 heteroatoms. The average molecular weight is 428 g/mol. The average Bonchev–Trinajstić information content (AvgIpc) is 3.27. The van der Waals surface area contributed by atoms with E-state index in [-0.39, 0.29) is 47.8 Å². The van der Waals surface area contributed by atoms with Crippen LogP contribution in [0.5, 0.6) is 0 Å². The highest BCUT2D eigenvalue weighted by atomic mass is 19.4. The normalized spacial score (nSPS) is 20.0. The predicted octanol–water partition coefficient (Wildman–Crippen LogP) is 2.51. The smallest absolute Gasteiger partial charge is 0.391 e. The van der Waals surface area contributed by atoms with E-state index in [1.54, 1.807) is 0 Å². The van der Waals surface area contributed by atoms with Crippen LogP contribution >= 0.6 is 0 Å². The standard InChI is InChI=1S/C17H16F4N6O3/c18-13-11-12(14(28)24-16(23-11)27-7-9(5-22-27)15(29)30)26(25-13)6-8-1-3-10(4-2-8)17(19,20)21/h5,7-8,10H,1-4,6H2,(H,29,30)(H,23,24,28). The molecule has 4 rings (SSSR count). The maximum absolute atomic E-state index is 14.4. The second-order valence-electron chi connectivity index (χ2n) is 7.30. The molecule has 0 aliphatic heterocycles. The predicted molar refractivity (Wildman–Crippen MR) is 93.7 cm³/mol. The number of carboxylic acids is 1. The lowest BCUT2D eigenvalue weighted by molar-refractivity contribution is -0.184. The van der Waals surface area contributed by atoms with Crippen molar-refractivity contribution in [3.8, 4) is 5.95 Å². The maximum Gasteiger partial charge on any atom is 0.391 e. The van der Waals surface area contributed by atoms with Gasteiger partial charge in [0.25, 0.3) is 11.5 Å². The molecular weight excluding hydrogens is 412 g/mol. The molecule has 0 aromatic carbocycles. The van der Waals surface area contributed by atoms with Gasteiger partial charge in [-0.3, -0.25) is 14.5 Å². The summed E-state index contributed by atoms with van der Waals surface area (Å²) in [7, 11) is 0. The van der Waals surface area contributed by atoms with Crippen molar-refractivity contribution >= 4 is 17.0 Å². The summed E-state index contributed by atoms with van der Waals surface area (Å²) >= 11 is 0. The summed E-state index contributed by atoms with van der Waals surface area (Å²) in [6.45, 7) is 0.0973. The number of halogens is 4. The Bertz CT molecular complexity index is 1160. The third kappa shape index (κ3) is 3.66. The van der Waals surface area contributed by atoms with Gasteiger partial charge in [0.15, 0.2) is 11.0 Å². The Labute approximate surface area is 165 Å². The fraction of sp³-hybridized carbons (Fsp3) is 0.471. The largest absolute Gasteiger partial charge is 0.478 e. The monoisotopic (exact) mass is 428 g/mol. The molecule has 0 bridgehead atoms. The first kappa shape index (κ1) is 20.0. The van der Waals surface area contributed by atoms with Crippen molar-refractivity contribution in [2.45, 2.75) is 38.4 Å². The van der Waals surface area contributed by atoms with Crippen molar-refractivity contribution < 1.29 is 27.5 Å². The lowest BCUT2D eigenvalue weighted by Gasteiger charge is -2.29. The van der Waals surface area contributed by atoms with Gasteiger partial charge in [0, 0.05) is 12.7 Å². The molecule has 0 spiro atoms. The van der Waals surface area contributed by atoms with Crippen molar-refractivity contribution in [2.75, 3.05) is 0 Å². The number of alkyl halides is 3. The number of H-pyrrole nitrogens is 1. The highest BCUT2D eigenvalue weighted by Gasteiger charge is 2.41. The summed E-state index contributed by atoms with van der Waals surface area (Å²) in [6.07, 6.45) is -1.51. The van der Waals surface area contributed by atoms with Crippen LogP contribution in [0.3, 0.4) is 0 Å². The number of hydrogen-bond acceptors (Lipinski definition) is 5. The number of aromatic amines is 1. The van der Waals surface area contributed by atoms with Crippen LogP contribution < -0.4 is 5.56 Å². The van der Waals surface area contributed by atoms with Gasteiger partial charge < -0.3 is 5.11 Å². The van der Waals surface area contributed by atoms with Crippen LogP contribution in [-0.4, -0.2) is 46.8 Å². The third-order valence-electron chi connectivity index (χ3n) is 5.33. The van der Waals surface area contributed by atoms with E-state index in [4.69, 9.17) is 5.11 Å². The van der Waals surface area contributed by atoms with Crippen LogP contribution in [-0.2, 0) is 6.54 Å². The number of carboxylic acid groups (broad SMARTS) is 1. The molecule has 0 radical (unpaired) electrons. The lowest BCUT2D eigenvalue weighted by Crippen LogP contribution is -2.29. The number of nitrogens with one attached hydrogen (secondary N) is 1. The molecule has 9 nitrogen and oxygen atoms in total. The minimum absolute atomic E-state index is 0.0141. The fourth-order valence-corrected chi connectivity index (χ4v) is 3.75. The summed E-state index contributed by atoms with van der Waals surface area (Å²) in [5.74, 6) is -3.94. The molecule has 1 aliphatic rings. The van der Waals surface area contributed by atoms with Gasteiger partial charge in [-0.05, 0) is 31.6 Å². The quantitative estimate of drug-likeness (QED) is 0.617. The van der Waals surface area contributed by atoms with Crippen LogP contribution in [0.2, 0.25) is 0 Å². The molecule has 30 heavy (non-hydrogen) atoms. The van der Waals surface area contributed by atoms with E-state index in [0.717, 1.165) is 21.8 Å². The van der Waals surface area contributed by atoms with E-state index in [2.05, 4.69) is 20.2 Å². The van der Waals surface area contributed by atoms with E-state index in [1.807, 2.05) is 0 Å². The Balaban J connectivity index is 1.60. The van der Waals surface area contributed by atoms with Crippen LogP contribution in [0.4, 0.5) is 17.6 Å². The second kappa shape index (κ2) is 7.22. The number of aromatic carboxylic acids is 1. The number of hydrogen-bond donors (Lipinski definition) is 2. The zero-order valence-electron chi connectivity index (χ0n) is 15.4. The minimum atomic E-state index is -4.22. The first-order valence-electron chi connectivity index (χ1n) is 9.15. The van der Waals surface area contributed by atoms with Crippen LogP contribution in [0.15, 0.2) is 17.2 Å².